The van der Waals surface area contributed by atoms with E-state index in [1.54, 1.807) is 6.92 Å². The summed E-state index contributed by atoms with van der Waals surface area (Å²) in [5, 5.41) is 2.57. The molecule has 0 saturated carbocycles. The largest absolute Gasteiger partial charge is 0.454 e. The molecule has 5 nitrogen and oxygen atoms in total. The fourth-order valence-electron chi connectivity index (χ4n) is 4.76. The molecule has 0 fully saturated rings. The number of carbonyl (C=O) groups is 2. The molecule has 2 aromatic carbocycles. The molecule has 2 aromatic rings. The van der Waals surface area contributed by atoms with Crippen molar-refractivity contribution in [1.29, 1.82) is 0 Å². The van der Waals surface area contributed by atoms with E-state index in [9.17, 15) is 9.59 Å². The van der Waals surface area contributed by atoms with Gasteiger partial charge in [-0.25, -0.2) is 0 Å². The summed E-state index contributed by atoms with van der Waals surface area (Å²) in [6.45, 7) is 19.8. The van der Waals surface area contributed by atoms with E-state index in [1.165, 1.54) is 44.1 Å². The molecule has 2 atom stereocenters. The van der Waals surface area contributed by atoms with Crippen LogP contribution in [0.5, 0.6) is 11.5 Å². The highest BCUT2D eigenvalue weighted by Crippen LogP contribution is 2.37. The third-order valence-electron chi connectivity index (χ3n) is 7.36. The SMILES string of the molecule is C=CC[C@H](C)CC(CC)c1ccc2c(c1)OCO2.CCCCCCC.CCCCNC=O.CCc1ccccc1C(C)=O. The van der Waals surface area contributed by atoms with Crippen LogP contribution >= 0.6 is 0 Å². The van der Waals surface area contributed by atoms with Crippen LogP contribution in [-0.2, 0) is 11.2 Å². The van der Waals surface area contributed by atoms with Crippen LogP contribution < -0.4 is 14.8 Å². The predicted molar refractivity (Wildman–Crippen MR) is 183 cm³/mol. The second-order valence-electron chi connectivity index (χ2n) is 11.1. The Morgan fingerprint density at radius 3 is 2.12 bits per heavy atom. The number of carbonyl (C=O) groups excluding carboxylic acids is 2. The molecule has 5 heteroatoms. The van der Waals surface area contributed by atoms with Crippen molar-refractivity contribution in [3.63, 3.8) is 0 Å². The summed E-state index contributed by atoms with van der Waals surface area (Å²) in [4.78, 5) is 20.6. The van der Waals surface area contributed by atoms with Gasteiger partial charge in [0, 0.05) is 12.1 Å². The van der Waals surface area contributed by atoms with Crippen LogP contribution in [-0.4, -0.2) is 25.5 Å². The number of ether oxygens (including phenoxy) is 2. The van der Waals surface area contributed by atoms with Crippen LogP contribution in [0.4, 0.5) is 0 Å². The van der Waals surface area contributed by atoms with Crippen LogP contribution in [0, 0.1) is 5.92 Å². The maximum Gasteiger partial charge on any atom is 0.231 e. The van der Waals surface area contributed by atoms with Crippen molar-refractivity contribution in [3.05, 3.63) is 71.8 Å². The van der Waals surface area contributed by atoms with E-state index in [-0.39, 0.29) is 5.78 Å². The van der Waals surface area contributed by atoms with Gasteiger partial charge in [0.1, 0.15) is 0 Å². The fraction of sp³-hybridized carbons (Fsp3) is 0.579. The lowest BCUT2D eigenvalue weighted by molar-refractivity contribution is -0.109. The number of amides is 1. The molecule has 0 radical (unpaired) electrons. The van der Waals surface area contributed by atoms with E-state index < -0.39 is 0 Å². The molecule has 3 rings (SSSR count). The molecule has 1 aliphatic heterocycles. The zero-order valence-corrected chi connectivity index (χ0v) is 28.4. The number of aryl methyl sites for hydroxylation is 1. The van der Waals surface area contributed by atoms with Crippen molar-refractivity contribution in [2.75, 3.05) is 13.3 Å². The third-order valence-corrected chi connectivity index (χ3v) is 7.36. The number of allylic oxidation sites excluding steroid dienone is 1. The number of Topliss-reactive ketones (excluding diaryl/α,β-unsaturated/α-hetero) is 1. The molecule has 242 valence electrons. The fourth-order valence-corrected chi connectivity index (χ4v) is 4.76. The molecule has 1 heterocycles. The van der Waals surface area contributed by atoms with Gasteiger partial charge in [0.25, 0.3) is 0 Å². The van der Waals surface area contributed by atoms with Crippen LogP contribution in [0.2, 0.25) is 0 Å². The van der Waals surface area contributed by atoms with E-state index in [2.05, 4.69) is 65.6 Å². The highest BCUT2D eigenvalue weighted by Gasteiger charge is 2.18. The van der Waals surface area contributed by atoms with Crippen molar-refractivity contribution in [1.82, 2.24) is 5.32 Å². The summed E-state index contributed by atoms with van der Waals surface area (Å²) < 4.78 is 10.8. The van der Waals surface area contributed by atoms with Gasteiger partial charge in [0.2, 0.25) is 13.2 Å². The maximum absolute atomic E-state index is 11.0. The van der Waals surface area contributed by atoms with Gasteiger partial charge >= 0.3 is 0 Å². The minimum Gasteiger partial charge on any atom is -0.454 e. The quantitative estimate of drug-likeness (QED) is 0.0907. The number of nitrogens with one attached hydrogen (secondary N) is 1. The number of hydrogen-bond donors (Lipinski definition) is 1. The smallest absolute Gasteiger partial charge is 0.231 e. The van der Waals surface area contributed by atoms with Crippen LogP contribution in [0.3, 0.4) is 0 Å². The Morgan fingerprint density at radius 1 is 0.930 bits per heavy atom. The third kappa shape index (κ3) is 18.2. The van der Waals surface area contributed by atoms with Gasteiger partial charge in [-0.3, -0.25) is 9.59 Å². The highest BCUT2D eigenvalue weighted by molar-refractivity contribution is 5.95. The number of ketones is 1. The second-order valence-corrected chi connectivity index (χ2v) is 11.1. The Balaban J connectivity index is 0.000000604. The van der Waals surface area contributed by atoms with Gasteiger partial charge in [-0.05, 0) is 74.1 Å². The van der Waals surface area contributed by atoms with Gasteiger partial charge in [-0.15, -0.1) is 6.58 Å². The normalized spacial score (nSPS) is 12.2. The topological polar surface area (TPSA) is 64.6 Å². The molecule has 0 spiro atoms. The summed E-state index contributed by atoms with van der Waals surface area (Å²) in [5.41, 5.74) is 3.35. The van der Waals surface area contributed by atoms with E-state index >= 15 is 0 Å². The number of unbranched alkanes of at least 4 members (excludes halogenated alkanes) is 5. The first-order chi connectivity index (χ1) is 20.8. The van der Waals surface area contributed by atoms with Crippen LogP contribution in [0.1, 0.15) is 140 Å². The summed E-state index contributed by atoms with van der Waals surface area (Å²) in [6, 6.07) is 14.1. The average molecular weight is 596 g/mol. The molecule has 1 amide bonds. The van der Waals surface area contributed by atoms with Crippen LogP contribution in [0.25, 0.3) is 0 Å². The molecule has 1 aliphatic rings. The minimum atomic E-state index is 0.155. The first-order valence-electron chi connectivity index (χ1n) is 16.6. The zero-order chi connectivity index (χ0) is 32.3. The van der Waals surface area contributed by atoms with E-state index in [0.717, 1.165) is 67.7 Å². The molecule has 0 bridgehead atoms. The van der Waals surface area contributed by atoms with Crippen molar-refractivity contribution < 1.29 is 19.1 Å². The Hall–Kier alpha value is -3.08. The van der Waals surface area contributed by atoms with Gasteiger partial charge in [-0.1, -0.05) is 116 Å². The van der Waals surface area contributed by atoms with E-state index in [0.29, 0.717) is 18.6 Å². The van der Waals surface area contributed by atoms with Gasteiger partial charge < -0.3 is 14.8 Å². The summed E-state index contributed by atoms with van der Waals surface area (Å²) >= 11 is 0. The lowest BCUT2D eigenvalue weighted by Gasteiger charge is -2.19. The Kier molecular flexibility index (Phi) is 24.6. The van der Waals surface area contributed by atoms with Gasteiger partial charge in [0.05, 0.1) is 0 Å². The predicted octanol–water partition coefficient (Wildman–Crippen LogP) is 10.5. The molecule has 0 aliphatic carbocycles. The van der Waals surface area contributed by atoms with Crippen LogP contribution in [0.15, 0.2) is 55.1 Å². The monoisotopic (exact) mass is 595 g/mol. The Bertz CT molecular complexity index is 999. The Morgan fingerprint density at radius 2 is 1.58 bits per heavy atom. The molecule has 0 saturated heterocycles. The minimum absolute atomic E-state index is 0.155. The second kappa shape index (κ2) is 26.5. The Labute approximate surface area is 263 Å². The summed E-state index contributed by atoms with van der Waals surface area (Å²) in [7, 11) is 0. The average Bonchev–Trinajstić information content (AvgIpc) is 3.50. The molecule has 1 N–H and O–H groups in total. The zero-order valence-electron chi connectivity index (χ0n) is 28.4. The van der Waals surface area contributed by atoms with Gasteiger partial charge in [-0.2, -0.15) is 0 Å². The highest BCUT2D eigenvalue weighted by atomic mass is 16.7. The standard InChI is InChI=1S/C16H22O2.C10H12O.C7H16.C5H11NO/c1-4-6-12(3)9-13(5-2)14-7-8-15-16(10-14)18-11-17-15;1-3-9-6-4-5-7-10(9)8(2)11;1-3-5-7-6-4-2;1-2-3-4-6-5-7/h4,7-8,10,12-13H,1,5-6,9,11H2,2-3H3;4-7H,3H2,1-2H3;3-7H2,1-2H3;5H,2-4H2,1H3,(H,6,7)/t12-,13?;;;/m0.../s1. The molecular formula is C38H61NO4. The van der Waals surface area contributed by atoms with E-state index in [4.69, 9.17) is 9.47 Å². The lowest BCUT2D eigenvalue weighted by atomic mass is 9.86. The summed E-state index contributed by atoms with van der Waals surface area (Å²) in [5.74, 6) is 3.19. The molecular weight excluding hydrogens is 534 g/mol. The molecule has 1 unspecified atom stereocenters. The van der Waals surface area contributed by atoms with Crippen molar-refractivity contribution >= 4 is 12.2 Å². The van der Waals surface area contributed by atoms with Gasteiger partial charge in [0.15, 0.2) is 17.3 Å². The first kappa shape index (κ1) is 39.9. The van der Waals surface area contributed by atoms with Crippen molar-refractivity contribution in [3.8, 4) is 11.5 Å². The van der Waals surface area contributed by atoms with Crippen molar-refractivity contribution in [2.24, 2.45) is 5.92 Å². The number of rotatable bonds is 16. The molecule has 0 aromatic heterocycles. The number of benzene rings is 2. The lowest BCUT2D eigenvalue weighted by Crippen LogP contribution is -2.11. The summed E-state index contributed by atoms with van der Waals surface area (Å²) in [6.07, 6.45) is 16.3. The van der Waals surface area contributed by atoms with E-state index in [1.807, 2.05) is 36.4 Å². The maximum atomic E-state index is 11.0. The first-order valence-corrected chi connectivity index (χ1v) is 16.6. The van der Waals surface area contributed by atoms with Crippen molar-refractivity contribution in [2.45, 2.75) is 125 Å². The number of hydrogen-bond acceptors (Lipinski definition) is 4. The number of fused-ring (bicyclic) bond motifs is 1. The molecule has 43 heavy (non-hydrogen) atoms.